The van der Waals surface area contributed by atoms with Gasteiger partial charge in [0, 0.05) is 4.90 Å². The summed E-state index contributed by atoms with van der Waals surface area (Å²) in [6.07, 6.45) is 2.03. The quantitative estimate of drug-likeness (QED) is 0.843. The molecule has 2 aromatic carbocycles. The van der Waals surface area contributed by atoms with Gasteiger partial charge in [0.1, 0.15) is 0 Å². The zero-order valence-electron chi connectivity index (χ0n) is 10.3. The second-order valence-electron chi connectivity index (χ2n) is 4.01. The van der Waals surface area contributed by atoms with E-state index in [0.29, 0.717) is 5.56 Å². The fraction of sp³-hybridized carbons (Fsp3) is 0.133. The molecule has 2 rings (SSSR count). The molecule has 1 N–H and O–H groups in total. The van der Waals surface area contributed by atoms with Gasteiger partial charge in [0.25, 0.3) is 0 Å². The Morgan fingerprint density at radius 3 is 2.33 bits per heavy atom. The van der Waals surface area contributed by atoms with Gasteiger partial charge in [0.2, 0.25) is 0 Å². The zero-order chi connectivity index (χ0) is 13.1. The van der Waals surface area contributed by atoms with E-state index in [1.807, 2.05) is 43.5 Å². The first-order valence-corrected chi connectivity index (χ1v) is 6.83. The molecular formula is C15H14O2S. The molecule has 0 heterocycles. The van der Waals surface area contributed by atoms with Crippen molar-refractivity contribution in [3.05, 3.63) is 53.6 Å². The summed E-state index contributed by atoms with van der Waals surface area (Å²) in [5.74, 6) is -0.880. The van der Waals surface area contributed by atoms with Crippen LogP contribution in [0, 0.1) is 6.92 Å². The molecule has 0 bridgehead atoms. The lowest BCUT2D eigenvalue weighted by molar-refractivity contribution is 0.0696. The average Bonchev–Trinajstić information content (AvgIpc) is 2.39. The molecule has 0 radical (unpaired) electrons. The van der Waals surface area contributed by atoms with E-state index < -0.39 is 5.97 Å². The second-order valence-corrected chi connectivity index (χ2v) is 4.89. The van der Waals surface area contributed by atoms with E-state index in [1.165, 1.54) is 4.90 Å². The Morgan fingerprint density at radius 2 is 1.78 bits per heavy atom. The number of rotatable bonds is 3. The van der Waals surface area contributed by atoms with Crippen LogP contribution in [0.4, 0.5) is 0 Å². The maximum absolute atomic E-state index is 11.1. The predicted octanol–water partition coefficient (Wildman–Crippen LogP) is 4.08. The van der Waals surface area contributed by atoms with Gasteiger partial charge in [-0.1, -0.05) is 24.3 Å². The van der Waals surface area contributed by atoms with E-state index in [4.69, 9.17) is 5.11 Å². The highest BCUT2D eigenvalue weighted by molar-refractivity contribution is 7.98. The summed E-state index contributed by atoms with van der Waals surface area (Å²) in [6.45, 7) is 1.85. The summed E-state index contributed by atoms with van der Waals surface area (Å²) >= 11 is 1.69. The van der Waals surface area contributed by atoms with Crippen molar-refractivity contribution in [2.75, 3.05) is 6.26 Å². The Hall–Kier alpha value is -1.74. The van der Waals surface area contributed by atoms with E-state index in [2.05, 4.69) is 0 Å². The SMILES string of the molecule is CSc1ccc(-c2cccc(C(=O)O)c2C)cc1. The van der Waals surface area contributed by atoms with Crippen LogP contribution in [0.25, 0.3) is 11.1 Å². The van der Waals surface area contributed by atoms with Gasteiger partial charge in [-0.25, -0.2) is 4.79 Å². The van der Waals surface area contributed by atoms with Gasteiger partial charge in [0.05, 0.1) is 5.56 Å². The third-order valence-corrected chi connectivity index (χ3v) is 3.71. The number of benzene rings is 2. The highest BCUT2D eigenvalue weighted by atomic mass is 32.2. The molecule has 0 aromatic heterocycles. The molecule has 0 fully saturated rings. The molecule has 0 aliphatic rings. The third-order valence-electron chi connectivity index (χ3n) is 2.97. The van der Waals surface area contributed by atoms with Crippen molar-refractivity contribution in [3.63, 3.8) is 0 Å². The molecule has 0 atom stereocenters. The van der Waals surface area contributed by atoms with Crippen LogP contribution >= 0.6 is 11.8 Å². The molecule has 3 heteroatoms. The molecule has 2 aromatic rings. The lowest BCUT2D eigenvalue weighted by Gasteiger charge is -2.09. The minimum Gasteiger partial charge on any atom is -0.478 e. The van der Waals surface area contributed by atoms with Gasteiger partial charge in [-0.3, -0.25) is 0 Å². The number of aromatic carboxylic acids is 1. The van der Waals surface area contributed by atoms with Crippen molar-refractivity contribution in [2.24, 2.45) is 0 Å². The maximum Gasteiger partial charge on any atom is 0.335 e. The van der Waals surface area contributed by atoms with E-state index in [-0.39, 0.29) is 0 Å². The fourth-order valence-corrected chi connectivity index (χ4v) is 2.36. The minimum absolute atomic E-state index is 0.362. The van der Waals surface area contributed by atoms with Gasteiger partial charge >= 0.3 is 5.97 Å². The fourth-order valence-electron chi connectivity index (χ4n) is 1.95. The normalized spacial score (nSPS) is 10.3. The number of thioether (sulfide) groups is 1. The van der Waals surface area contributed by atoms with Gasteiger partial charge in [0.15, 0.2) is 0 Å². The molecule has 0 saturated carbocycles. The summed E-state index contributed by atoms with van der Waals surface area (Å²) in [5, 5.41) is 9.12. The van der Waals surface area contributed by atoms with Gasteiger partial charge in [-0.15, -0.1) is 11.8 Å². The maximum atomic E-state index is 11.1. The third kappa shape index (κ3) is 2.41. The first kappa shape index (κ1) is 12.7. The van der Waals surface area contributed by atoms with Gasteiger partial charge in [-0.2, -0.15) is 0 Å². The average molecular weight is 258 g/mol. The summed E-state index contributed by atoms with van der Waals surface area (Å²) in [4.78, 5) is 12.3. The van der Waals surface area contributed by atoms with Crippen molar-refractivity contribution in [3.8, 4) is 11.1 Å². The van der Waals surface area contributed by atoms with Crippen LogP contribution in [0.15, 0.2) is 47.4 Å². The molecule has 0 spiro atoms. The number of hydrogen-bond donors (Lipinski definition) is 1. The van der Waals surface area contributed by atoms with Crippen molar-refractivity contribution in [2.45, 2.75) is 11.8 Å². The topological polar surface area (TPSA) is 37.3 Å². The van der Waals surface area contributed by atoms with Crippen molar-refractivity contribution < 1.29 is 9.90 Å². The predicted molar refractivity (Wildman–Crippen MR) is 75.4 cm³/mol. The molecule has 92 valence electrons. The lowest BCUT2D eigenvalue weighted by atomic mass is 9.96. The van der Waals surface area contributed by atoms with Crippen molar-refractivity contribution >= 4 is 17.7 Å². The molecule has 0 aliphatic carbocycles. The molecule has 0 amide bonds. The number of carboxylic acid groups (broad SMARTS) is 1. The summed E-state index contributed by atoms with van der Waals surface area (Å²) in [5.41, 5.74) is 3.19. The Morgan fingerprint density at radius 1 is 1.11 bits per heavy atom. The summed E-state index contributed by atoms with van der Waals surface area (Å²) in [6, 6.07) is 13.5. The highest BCUT2D eigenvalue weighted by Crippen LogP contribution is 2.27. The Bertz CT molecular complexity index is 574. The van der Waals surface area contributed by atoms with E-state index in [9.17, 15) is 4.79 Å². The standard InChI is InChI=1S/C15H14O2S/c1-10-13(4-3-5-14(10)15(16)17)11-6-8-12(18-2)9-7-11/h3-9H,1-2H3,(H,16,17). The van der Waals surface area contributed by atoms with Crippen molar-refractivity contribution in [1.29, 1.82) is 0 Å². The van der Waals surface area contributed by atoms with E-state index >= 15 is 0 Å². The van der Waals surface area contributed by atoms with Crippen molar-refractivity contribution in [1.82, 2.24) is 0 Å². The van der Waals surface area contributed by atoms with E-state index in [0.717, 1.165) is 16.7 Å². The minimum atomic E-state index is -0.880. The van der Waals surface area contributed by atoms with E-state index in [1.54, 1.807) is 23.9 Å². The number of hydrogen-bond acceptors (Lipinski definition) is 2. The summed E-state index contributed by atoms with van der Waals surface area (Å²) in [7, 11) is 0. The monoisotopic (exact) mass is 258 g/mol. The molecule has 18 heavy (non-hydrogen) atoms. The molecular weight excluding hydrogens is 244 g/mol. The molecule has 0 unspecified atom stereocenters. The number of carbonyl (C=O) groups is 1. The van der Waals surface area contributed by atoms with Gasteiger partial charge < -0.3 is 5.11 Å². The number of carboxylic acids is 1. The van der Waals surface area contributed by atoms with Crippen LogP contribution < -0.4 is 0 Å². The van der Waals surface area contributed by atoms with Gasteiger partial charge in [-0.05, 0) is 48.1 Å². The van der Waals surface area contributed by atoms with Crippen LogP contribution in [-0.4, -0.2) is 17.3 Å². The molecule has 0 aliphatic heterocycles. The van der Waals surface area contributed by atoms with Crippen LogP contribution in [0.5, 0.6) is 0 Å². The largest absolute Gasteiger partial charge is 0.478 e. The second kappa shape index (κ2) is 5.27. The first-order valence-electron chi connectivity index (χ1n) is 5.61. The molecule has 2 nitrogen and oxygen atoms in total. The lowest BCUT2D eigenvalue weighted by Crippen LogP contribution is -2.00. The van der Waals surface area contributed by atoms with Crippen LogP contribution in [0.1, 0.15) is 15.9 Å². The molecule has 0 saturated heterocycles. The highest BCUT2D eigenvalue weighted by Gasteiger charge is 2.10. The van der Waals surface area contributed by atoms with Crippen LogP contribution in [0.2, 0.25) is 0 Å². The smallest absolute Gasteiger partial charge is 0.335 e. The Labute approximate surface area is 111 Å². The Balaban J connectivity index is 2.50. The van der Waals surface area contributed by atoms with Crippen LogP contribution in [-0.2, 0) is 0 Å². The first-order chi connectivity index (χ1) is 8.63. The van der Waals surface area contributed by atoms with Crippen LogP contribution in [0.3, 0.4) is 0 Å². The summed E-state index contributed by atoms with van der Waals surface area (Å²) < 4.78 is 0. The zero-order valence-corrected chi connectivity index (χ0v) is 11.1. The Kier molecular flexibility index (Phi) is 3.72.